The fourth-order valence-corrected chi connectivity index (χ4v) is 3.75. The van der Waals surface area contributed by atoms with E-state index in [9.17, 15) is 4.79 Å². The highest BCUT2D eigenvalue weighted by molar-refractivity contribution is 5.94. The van der Waals surface area contributed by atoms with Crippen molar-refractivity contribution in [2.24, 2.45) is 14.1 Å². The Bertz CT molecular complexity index is 755. The monoisotopic (exact) mass is 328 g/mol. The van der Waals surface area contributed by atoms with E-state index in [1.54, 1.807) is 0 Å². The van der Waals surface area contributed by atoms with Gasteiger partial charge in [-0.05, 0) is 19.3 Å². The number of hydrogen-bond acceptors (Lipinski definition) is 4. The van der Waals surface area contributed by atoms with Crippen LogP contribution in [0.15, 0.2) is 12.4 Å². The Morgan fingerprint density at radius 3 is 2.71 bits per heavy atom. The van der Waals surface area contributed by atoms with E-state index < -0.39 is 0 Å². The molecule has 0 aliphatic carbocycles. The standard InChI is InChI=1S/C17H24N6O/c1-20-10-6-18-15(20)12-22-9-5-13-14(11-22)21(2)19-16(13)17(24)23-7-3-4-8-23/h6,10H,3-5,7-9,11-12H2,1-2H3. The average molecular weight is 328 g/mol. The van der Waals surface area contributed by atoms with Gasteiger partial charge in [-0.2, -0.15) is 5.10 Å². The van der Waals surface area contributed by atoms with Gasteiger partial charge in [0.15, 0.2) is 5.69 Å². The summed E-state index contributed by atoms with van der Waals surface area (Å²) in [5.41, 5.74) is 2.98. The van der Waals surface area contributed by atoms with Gasteiger partial charge in [0.2, 0.25) is 0 Å². The average Bonchev–Trinajstić information content (AvgIpc) is 3.30. The molecule has 1 saturated heterocycles. The van der Waals surface area contributed by atoms with Crippen molar-refractivity contribution in [1.29, 1.82) is 0 Å². The molecule has 2 aliphatic rings. The second-order valence-electron chi connectivity index (χ2n) is 6.81. The summed E-state index contributed by atoms with van der Waals surface area (Å²) in [6, 6.07) is 0. The molecule has 0 radical (unpaired) electrons. The molecule has 2 aromatic heterocycles. The van der Waals surface area contributed by atoms with E-state index >= 15 is 0 Å². The molecule has 4 heterocycles. The Morgan fingerprint density at radius 2 is 2.00 bits per heavy atom. The van der Waals surface area contributed by atoms with Crippen molar-refractivity contribution in [3.05, 3.63) is 35.2 Å². The molecule has 0 unspecified atom stereocenters. The molecule has 1 amide bonds. The zero-order valence-electron chi connectivity index (χ0n) is 14.4. The summed E-state index contributed by atoms with van der Waals surface area (Å²) in [6.07, 6.45) is 6.90. The van der Waals surface area contributed by atoms with Crippen molar-refractivity contribution >= 4 is 5.91 Å². The lowest BCUT2D eigenvalue weighted by molar-refractivity contribution is 0.0784. The zero-order chi connectivity index (χ0) is 16.7. The summed E-state index contributed by atoms with van der Waals surface area (Å²) in [6.45, 7) is 4.32. The minimum Gasteiger partial charge on any atom is -0.337 e. The maximum absolute atomic E-state index is 12.7. The lowest BCUT2D eigenvalue weighted by Crippen LogP contribution is -2.33. The second kappa shape index (κ2) is 6.05. The molecule has 24 heavy (non-hydrogen) atoms. The Labute approximate surface area is 141 Å². The highest BCUT2D eigenvalue weighted by Crippen LogP contribution is 2.25. The van der Waals surface area contributed by atoms with Gasteiger partial charge in [0.05, 0.1) is 12.2 Å². The number of hydrogen-bond donors (Lipinski definition) is 0. The molecular weight excluding hydrogens is 304 g/mol. The quantitative estimate of drug-likeness (QED) is 0.842. The van der Waals surface area contributed by atoms with E-state index in [2.05, 4.69) is 19.5 Å². The Hall–Kier alpha value is -2.15. The minimum atomic E-state index is 0.113. The van der Waals surface area contributed by atoms with Crippen LogP contribution in [0.5, 0.6) is 0 Å². The van der Waals surface area contributed by atoms with E-state index in [4.69, 9.17) is 0 Å². The maximum atomic E-state index is 12.7. The first-order valence-electron chi connectivity index (χ1n) is 8.66. The number of nitrogens with zero attached hydrogens (tertiary/aromatic N) is 6. The zero-order valence-corrected chi connectivity index (χ0v) is 14.4. The predicted molar refractivity (Wildman–Crippen MR) is 89.4 cm³/mol. The Balaban J connectivity index is 1.54. The lowest BCUT2D eigenvalue weighted by atomic mass is 10.0. The lowest BCUT2D eigenvalue weighted by Gasteiger charge is -2.27. The number of likely N-dealkylation sites (tertiary alicyclic amines) is 1. The van der Waals surface area contributed by atoms with Crippen molar-refractivity contribution in [3.8, 4) is 0 Å². The topological polar surface area (TPSA) is 59.2 Å². The number of aromatic nitrogens is 4. The van der Waals surface area contributed by atoms with Gasteiger partial charge in [-0.25, -0.2) is 4.98 Å². The van der Waals surface area contributed by atoms with Crippen LogP contribution < -0.4 is 0 Å². The number of aryl methyl sites for hydroxylation is 2. The van der Waals surface area contributed by atoms with Gasteiger partial charge in [-0.3, -0.25) is 14.4 Å². The summed E-state index contributed by atoms with van der Waals surface area (Å²) >= 11 is 0. The molecule has 128 valence electrons. The van der Waals surface area contributed by atoms with Gasteiger partial charge in [0.25, 0.3) is 5.91 Å². The molecule has 0 bridgehead atoms. The molecule has 4 rings (SSSR count). The van der Waals surface area contributed by atoms with E-state index in [0.717, 1.165) is 69.1 Å². The van der Waals surface area contributed by atoms with Crippen molar-refractivity contribution in [2.45, 2.75) is 32.4 Å². The molecule has 7 heteroatoms. The third kappa shape index (κ3) is 2.62. The summed E-state index contributed by atoms with van der Waals surface area (Å²) in [7, 11) is 3.97. The first kappa shape index (κ1) is 15.4. The summed E-state index contributed by atoms with van der Waals surface area (Å²) in [5, 5.41) is 4.56. The van der Waals surface area contributed by atoms with E-state index in [1.807, 2.05) is 36.1 Å². The van der Waals surface area contributed by atoms with Crippen molar-refractivity contribution < 1.29 is 4.79 Å². The number of amides is 1. The van der Waals surface area contributed by atoms with Gasteiger partial charge < -0.3 is 9.47 Å². The molecule has 0 atom stereocenters. The predicted octanol–water partition coefficient (Wildman–Crippen LogP) is 0.948. The van der Waals surface area contributed by atoms with Crippen LogP contribution in [-0.2, 0) is 33.6 Å². The normalized spacial score (nSPS) is 18.2. The minimum absolute atomic E-state index is 0.113. The first-order valence-corrected chi connectivity index (χ1v) is 8.66. The van der Waals surface area contributed by atoms with E-state index in [-0.39, 0.29) is 5.91 Å². The van der Waals surface area contributed by atoms with E-state index in [1.165, 1.54) is 0 Å². The Morgan fingerprint density at radius 1 is 1.21 bits per heavy atom. The molecule has 0 aromatic carbocycles. The van der Waals surface area contributed by atoms with Crippen LogP contribution >= 0.6 is 0 Å². The molecule has 0 saturated carbocycles. The highest BCUT2D eigenvalue weighted by atomic mass is 16.2. The Kier molecular flexibility index (Phi) is 3.88. The molecule has 2 aromatic rings. The fourth-order valence-electron chi connectivity index (χ4n) is 3.75. The van der Waals surface area contributed by atoms with Crippen molar-refractivity contribution in [3.63, 3.8) is 0 Å². The number of carbonyl (C=O) groups is 1. The number of imidazole rings is 1. The maximum Gasteiger partial charge on any atom is 0.274 e. The van der Waals surface area contributed by atoms with Gasteiger partial charge in [-0.1, -0.05) is 0 Å². The SMILES string of the molecule is Cn1ccnc1CN1CCc2c(C(=O)N3CCCC3)nn(C)c2C1. The number of rotatable bonds is 3. The third-order valence-corrected chi connectivity index (χ3v) is 5.21. The summed E-state index contributed by atoms with van der Waals surface area (Å²) in [5.74, 6) is 1.18. The third-order valence-electron chi connectivity index (χ3n) is 5.21. The van der Waals surface area contributed by atoms with Crippen LogP contribution in [0.25, 0.3) is 0 Å². The van der Waals surface area contributed by atoms with Crippen LogP contribution in [-0.4, -0.2) is 54.7 Å². The van der Waals surface area contributed by atoms with Crippen LogP contribution in [0.4, 0.5) is 0 Å². The molecular formula is C17H24N6O. The number of fused-ring (bicyclic) bond motifs is 1. The first-order chi connectivity index (χ1) is 11.6. The van der Waals surface area contributed by atoms with Crippen LogP contribution in [0, 0.1) is 0 Å². The summed E-state index contributed by atoms with van der Waals surface area (Å²) in [4.78, 5) is 21.5. The van der Waals surface area contributed by atoms with Gasteiger partial charge in [0, 0.05) is 58.2 Å². The van der Waals surface area contributed by atoms with Gasteiger partial charge in [0.1, 0.15) is 5.82 Å². The van der Waals surface area contributed by atoms with Crippen molar-refractivity contribution in [1.82, 2.24) is 29.1 Å². The molecule has 0 N–H and O–H groups in total. The van der Waals surface area contributed by atoms with Crippen LogP contribution in [0.2, 0.25) is 0 Å². The largest absolute Gasteiger partial charge is 0.337 e. The summed E-state index contributed by atoms with van der Waals surface area (Å²) < 4.78 is 3.95. The number of carbonyl (C=O) groups excluding carboxylic acids is 1. The van der Waals surface area contributed by atoms with Crippen LogP contribution in [0.1, 0.15) is 40.4 Å². The van der Waals surface area contributed by atoms with E-state index in [0.29, 0.717) is 5.69 Å². The molecule has 7 nitrogen and oxygen atoms in total. The van der Waals surface area contributed by atoms with Gasteiger partial charge in [-0.15, -0.1) is 0 Å². The molecule has 1 fully saturated rings. The second-order valence-corrected chi connectivity index (χ2v) is 6.81. The smallest absolute Gasteiger partial charge is 0.274 e. The molecule has 0 spiro atoms. The van der Waals surface area contributed by atoms with Crippen LogP contribution in [0.3, 0.4) is 0 Å². The van der Waals surface area contributed by atoms with Gasteiger partial charge >= 0.3 is 0 Å². The van der Waals surface area contributed by atoms with Crippen molar-refractivity contribution in [2.75, 3.05) is 19.6 Å². The fraction of sp³-hybridized carbons (Fsp3) is 0.588. The molecule has 2 aliphatic heterocycles. The highest BCUT2D eigenvalue weighted by Gasteiger charge is 2.30.